The van der Waals surface area contributed by atoms with Crippen molar-refractivity contribution in [3.63, 3.8) is 0 Å². The molecule has 24 heavy (non-hydrogen) atoms. The lowest BCUT2D eigenvalue weighted by molar-refractivity contribution is -0.117. The topological polar surface area (TPSA) is 54.9 Å². The van der Waals surface area contributed by atoms with Crippen molar-refractivity contribution >= 4 is 44.2 Å². The number of nitrogens with zero attached hydrogens (tertiary/aromatic N) is 2. The minimum atomic E-state index is -1.02. The van der Waals surface area contributed by atoms with E-state index in [2.05, 4.69) is 15.3 Å². The molecule has 1 saturated carbocycles. The summed E-state index contributed by atoms with van der Waals surface area (Å²) in [5.41, 5.74) is 3.62. The Hall–Kier alpha value is -2.05. The number of rotatable bonds is 3. The molecule has 1 aromatic carbocycles. The van der Waals surface area contributed by atoms with Crippen LogP contribution in [0.5, 0.6) is 0 Å². The van der Waals surface area contributed by atoms with Gasteiger partial charge in [0.2, 0.25) is 5.91 Å². The molecule has 1 aliphatic rings. The van der Waals surface area contributed by atoms with E-state index in [-0.39, 0.29) is 5.91 Å². The summed E-state index contributed by atoms with van der Waals surface area (Å²) in [5.74, 6) is -0.842. The van der Waals surface area contributed by atoms with Gasteiger partial charge in [0, 0.05) is 23.5 Å². The number of amides is 1. The molecule has 2 heterocycles. The fraction of sp³-hybridized carbons (Fsp3) is 0.235. The van der Waals surface area contributed by atoms with Crippen LogP contribution in [0.2, 0.25) is 5.02 Å². The Morgan fingerprint density at radius 1 is 1.42 bits per heavy atom. The molecule has 2 aromatic heterocycles. The normalized spacial score (nSPS) is 19.5. The molecule has 3 aromatic rings. The minimum absolute atomic E-state index is 0.299. The molecular formula is C17H13ClFN3OS. The summed E-state index contributed by atoms with van der Waals surface area (Å²) in [4.78, 5) is 20.4. The molecule has 1 amide bonds. The van der Waals surface area contributed by atoms with E-state index in [1.54, 1.807) is 18.5 Å². The van der Waals surface area contributed by atoms with Crippen molar-refractivity contribution in [2.45, 2.75) is 19.5 Å². The van der Waals surface area contributed by atoms with Crippen LogP contribution in [0.15, 0.2) is 30.6 Å². The molecule has 1 fully saturated rings. The second kappa shape index (κ2) is 5.79. The number of carbonyl (C=O) groups is 1. The lowest BCUT2D eigenvalue weighted by Gasteiger charge is -2.07. The van der Waals surface area contributed by atoms with E-state index >= 15 is 0 Å². The van der Waals surface area contributed by atoms with Crippen LogP contribution in [-0.2, 0) is 4.79 Å². The number of thiazole rings is 1. The highest BCUT2D eigenvalue weighted by molar-refractivity contribution is 7.22. The van der Waals surface area contributed by atoms with Gasteiger partial charge in [-0.05, 0) is 37.1 Å². The monoisotopic (exact) mass is 361 g/mol. The molecule has 2 unspecified atom stereocenters. The first-order valence-corrected chi connectivity index (χ1v) is 8.68. The average Bonchev–Trinajstić information content (AvgIpc) is 3.15. The predicted octanol–water partition coefficient (Wildman–Crippen LogP) is 4.62. The number of alkyl halides is 1. The number of hydrogen-bond acceptors (Lipinski definition) is 4. The Bertz CT molecular complexity index is 958. The average molecular weight is 362 g/mol. The lowest BCUT2D eigenvalue weighted by Crippen LogP contribution is -2.14. The van der Waals surface area contributed by atoms with Crippen LogP contribution in [0.25, 0.3) is 21.3 Å². The first kappa shape index (κ1) is 15.5. The molecule has 2 atom stereocenters. The van der Waals surface area contributed by atoms with Crippen LogP contribution < -0.4 is 5.32 Å². The number of aromatic nitrogens is 2. The molecule has 1 aliphatic carbocycles. The minimum Gasteiger partial charge on any atom is -0.302 e. The predicted molar refractivity (Wildman–Crippen MR) is 94.2 cm³/mol. The van der Waals surface area contributed by atoms with Crippen molar-refractivity contribution in [1.82, 2.24) is 9.97 Å². The number of benzene rings is 1. The van der Waals surface area contributed by atoms with Gasteiger partial charge in [0.25, 0.3) is 0 Å². The number of nitrogens with one attached hydrogen (secondary N) is 1. The van der Waals surface area contributed by atoms with Gasteiger partial charge in [0.05, 0.1) is 21.2 Å². The zero-order chi connectivity index (χ0) is 16.8. The van der Waals surface area contributed by atoms with Crippen molar-refractivity contribution in [1.29, 1.82) is 0 Å². The molecule has 0 bridgehead atoms. The fourth-order valence-corrected chi connectivity index (χ4v) is 3.74. The largest absolute Gasteiger partial charge is 0.302 e. The van der Waals surface area contributed by atoms with E-state index in [0.29, 0.717) is 22.1 Å². The van der Waals surface area contributed by atoms with Crippen molar-refractivity contribution < 1.29 is 9.18 Å². The number of anilines is 1. The van der Waals surface area contributed by atoms with E-state index in [4.69, 9.17) is 11.6 Å². The third-order valence-corrected chi connectivity index (χ3v) is 5.33. The zero-order valence-electron chi connectivity index (χ0n) is 12.7. The highest BCUT2D eigenvalue weighted by Gasteiger charge is 2.43. The maximum Gasteiger partial charge on any atom is 0.232 e. The second-order valence-corrected chi connectivity index (χ2v) is 7.29. The van der Waals surface area contributed by atoms with Gasteiger partial charge in [-0.15, -0.1) is 0 Å². The van der Waals surface area contributed by atoms with Crippen LogP contribution in [0.3, 0.4) is 0 Å². The van der Waals surface area contributed by atoms with Crippen LogP contribution in [-0.4, -0.2) is 22.0 Å². The smallest absolute Gasteiger partial charge is 0.232 e. The molecule has 1 N–H and O–H groups in total. The van der Waals surface area contributed by atoms with Gasteiger partial charge in [0.1, 0.15) is 6.17 Å². The number of aryl methyl sites for hydroxylation is 1. The van der Waals surface area contributed by atoms with E-state index in [1.165, 1.54) is 11.3 Å². The quantitative estimate of drug-likeness (QED) is 0.740. The Morgan fingerprint density at radius 2 is 2.21 bits per heavy atom. The van der Waals surface area contributed by atoms with Gasteiger partial charge in [-0.3, -0.25) is 9.78 Å². The maximum atomic E-state index is 13.0. The summed E-state index contributed by atoms with van der Waals surface area (Å²) in [6, 6.07) is 5.65. The number of hydrogen-bond donors (Lipinski definition) is 1. The van der Waals surface area contributed by atoms with E-state index in [0.717, 1.165) is 21.4 Å². The number of halogens is 2. The number of fused-ring (bicyclic) bond motifs is 1. The number of carbonyl (C=O) groups excluding carboxylic acids is 1. The Balaban J connectivity index is 1.70. The third-order valence-electron chi connectivity index (χ3n) is 4.09. The van der Waals surface area contributed by atoms with Gasteiger partial charge in [-0.2, -0.15) is 0 Å². The molecule has 4 nitrogen and oxygen atoms in total. The third kappa shape index (κ3) is 2.76. The summed E-state index contributed by atoms with van der Waals surface area (Å²) >= 11 is 7.76. The van der Waals surface area contributed by atoms with Crippen molar-refractivity contribution in [2.75, 3.05) is 5.32 Å². The first-order chi connectivity index (χ1) is 11.5. The molecule has 0 spiro atoms. The summed E-state index contributed by atoms with van der Waals surface area (Å²) in [6.45, 7) is 2.00. The molecule has 122 valence electrons. The second-order valence-electron chi connectivity index (χ2n) is 5.86. The van der Waals surface area contributed by atoms with E-state index in [1.807, 2.05) is 19.1 Å². The van der Waals surface area contributed by atoms with Crippen LogP contribution in [0.4, 0.5) is 9.52 Å². The van der Waals surface area contributed by atoms with E-state index in [9.17, 15) is 9.18 Å². The lowest BCUT2D eigenvalue weighted by atomic mass is 10.0. The summed E-state index contributed by atoms with van der Waals surface area (Å²) in [6.07, 6.45) is 2.80. The van der Waals surface area contributed by atoms with Gasteiger partial charge in [-0.25, -0.2) is 9.37 Å². The highest BCUT2D eigenvalue weighted by atomic mass is 35.5. The SMILES string of the molecule is Cc1ccncc1-c1cc2sc(NC(=O)C3CC3F)nc2cc1Cl. The molecule has 7 heteroatoms. The van der Waals surface area contributed by atoms with Gasteiger partial charge in [-0.1, -0.05) is 22.9 Å². The fourth-order valence-electron chi connectivity index (χ4n) is 2.59. The standard InChI is InChI=1S/C17H13ClFN3OS/c1-8-2-3-20-7-11(8)9-5-15-14(6-12(9)18)21-17(24-15)22-16(23)10-4-13(10)19/h2-3,5-7,10,13H,4H2,1H3,(H,21,22,23). The van der Waals surface area contributed by atoms with Crippen molar-refractivity contribution in [3.05, 3.63) is 41.2 Å². The van der Waals surface area contributed by atoms with Crippen LogP contribution in [0, 0.1) is 12.8 Å². The number of pyridine rings is 1. The summed E-state index contributed by atoms with van der Waals surface area (Å²) in [5, 5.41) is 3.73. The first-order valence-electron chi connectivity index (χ1n) is 7.49. The van der Waals surface area contributed by atoms with Gasteiger partial charge >= 0.3 is 0 Å². The molecule has 0 saturated heterocycles. The van der Waals surface area contributed by atoms with Crippen molar-refractivity contribution in [3.8, 4) is 11.1 Å². The van der Waals surface area contributed by atoms with Gasteiger partial charge in [0.15, 0.2) is 5.13 Å². The molecule has 0 radical (unpaired) electrons. The summed E-state index contributed by atoms with van der Waals surface area (Å²) in [7, 11) is 0. The van der Waals surface area contributed by atoms with E-state index < -0.39 is 12.1 Å². The molecule has 4 rings (SSSR count). The van der Waals surface area contributed by atoms with Gasteiger partial charge < -0.3 is 5.32 Å². The van der Waals surface area contributed by atoms with Crippen LogP contribution in [0.1, 0.15) is 12.0 Å². The molecular weight excluding hydrogens is 349 g/mol. The zero-order valence-corrected chi connectivity index (χ0v) is 14.3. The maximum absolute atomic E-state index is 13.0. The summed E-state index contributed by atoms with van der Waals surface area (Å²) < 4.78 is 13.9. The molecule has 0 aliphatic heterocycles. The highest BCUT2D eigenvalue weighted by Crippen LogP contribution is 2.38. The Morgan fingerprint density at radius 3 is 2.92 bits per heavy atom. The Kier molecular flexibility index (Phi) is 3.73. The van der Waals surface area contributed by atoms with Crippen LogP contribution >= 0.6 is 22.9 Å². The Labute approximate surface area is 146 Å². The van der Waals surface area contributed by atoms with Crippen molar-refractivity contribution in [2.24, 2.45) is 5.92 Å².